The number of carbonyl (C=O) groups is 2. The SMILES string of the molecule is CN1CCN(C(=O)COc2ccc(-c3nc4ncc(O)c(NC5C6C=CC(C6)C5C=O)c4[nH]3)cc2)CC1. The van der Waals surface area contributed by atoms with E-state index in [0.717, 1.165) is 44.4 Å². The van der Waals surface area contributed by atoms with Gasteiger partial charge in [0.15, 0.2) is 18.0 Å². The molecule has 3 aliphatic rings. The smallest absolute Gasteiger partial charge is 0.260 e. The zero-order valence-corrected chi connectivity index (χ0v) is 20.6. The number of anilines is 1. The molecule has 2 aliphatic carbocycles. The molecule has 1 aromatic carbocycles. The number of aromatic nitrogens is 3. The Morgan fingerprint density at radius 3 is 2.70 bits per heavy atom. The number of pyridine rings is 1. The summed E-state index contributed by atoms with van der Waals surface area (Å²) in [6.45, 7) is 3.19. The number of likely N-dealkylation sites (N-methyl/N-ethyl adjacent to an activating group) is 1. The first-order valence-electron chi connectivity index (χ1n) is 12.7. The third-order valence-electron chi connectivity index (χ3n) is 7.83. The van der Waals surface area contributed by atoms with Crippen LogP contribution in [-0.2, 0) is 9.59 Å². The minimum Gasteiger partial charge on any atom is -0.504 e. The number of nitrogens with zero attached hydrogens (tertiary/aromatic N) is 4. The Morgan fingerprint density at radius 2 is 1.95 bits per heavy atom. The molecule has 10 nitrogen and oxygen atoms in total. The monoisotopic (exact) mass is 502 g/mol. The van der Waals surface area contributed by atoms with Crippen LogP contribution in [0.3, 0.4) is 0 Å². The Kier molecular flexibility index (Phi) is 6.03. The highest BCUT2D eigenvalue weighted by Gasteiger charge is 2.44. The molecule has 1 saturated heterocycles. The average molecular weight is 503 g/mol. The first-order chi connectivity index (χ1) is 18.0. The number of carbonyl (C=O) groups excluding carboxylic acids is 2. The molecule has 0 radical (unpaired) electrons. The number of piperazine rings is 1. The number of benzene rings is 1. The van der Waals surface area contributed by atoms with Gasteiger partial charge in [-0.1, -0.05) is 12.2 Å². The summed E-state index contributed by atoms with van der Waals surface area (Å²) in [5.41, 5.74) is 2.37. The molecule has 3 heterocycles. The molecule has 2 fully saturated rings. The standard InChI is InChI=1S/C27H30N6O4/c1-32-8-10-33(11-9-32)22(36)15-37-19-6-4-16(5-7-19)26-30-25-24(21(35)13-28-27(25)31-26)29-23-18-3-2-17(12-18)20(23)14-34/h2-7,13-14,17-18,20,23,35H,8-12,15H2,1H3,(H2,28,29,30,31). The summed E-state index contributed by atoms with van der Waals surface area (Å²) in [5, 5.41) is 14.0. The van der Waals surface area contributed by atoms with Crippen molar-refractivity contribution < 1.29 is 19.4 Å². The van der Waals surface area contributed by atoms with Crippen LogP contribution in [0.5, 0.6) is 11.5 Å². The van der Waals surface area contributed by atoms with Gasteiger partial charge in [-0.05, 0) is 49.6 Å². The molecule has 6 rings (SSSR count). The van der Waals surface area contributed by atoms with Gasteiger partial charge in [0.2, 0.25) is 0 Å². The summed E-state index contributed by atoms with van der Waals surface area (Å²) >= 11 is 0. The molecule has 0 spiro atoms. The van der Waals surface area contributed by atoms with Crippen LogP contribution in [0, 0.1) is 17.8 Å². The number of nitrogens with one attached hydrogen (secondary N) is 2. The van der Waals surface area contributed by atoms with Crippen LogP contribution in [0.4, 0.5) is 5.69 Å². The lowest BCUT2D eigenvalue weighted by Crippen LogP contribution is -2.48. The number of rotatable bonds is 7. The molecule has 1 amide bonds. The quantitative estimate of drug-likeness (QED) is 0.332. The van der Waals surface area contributed by atoms with Crippen molar-refractivity contribution in [3.63, 3.8) is 0 Å². The third kappa shape index (κ3) is 4.42. The molecular weight excluding hydrogens is 472 g/mol. The maximum atomic E-state index is 12.4. The van der Waals surface area contributed by atoms with Crippen molar-refractivity contribution in [2.75, 3.05) is 45.2 Å². The van der Waals surface area contributed by atoms with Crippen LogP contribution in [0.15, 0.2) is 42.6 Å². The topological polar surface area (TPSA) is 124 Å². The first-order valence-corrected chi connectivity index (χ1v) is 12.7. The van der Waals surface area contributed by atoms with Crippen LogP contribution in [0.25, 0.3) is 22.6 Å². The van der Waals surface area contributed by atoms with E-state index >= 15 is 0 Å². The van der Waals surface area contributed by atoms with Gasteiger partial charge in [0.1, 0.15) is 29.1 Å². The second-order valence-electron chi connectivity index (χ2n) is 10.1. The van der Waals surface area contributed by atoms with Gasteiger partial charge < -0.3 is 34.7 Å². The van der Waals surface area contributed by atoms with Crippen molar-refractivity contribution >= 4 is 29.0 Å². The summed E-state index contributed by atoms with van der Waals surface area (Å²) < 4.78 is 5.73. The maximum Gasteiger partial charge on any atom is 0.260 e. The molecule has 192 valence electrons. The number of aromatic hydroxyl groups is 1. The van der Waals surface area contributed by atoms with Crippen molar-refractivity contribution in [2.45, 2.75) is 12.5 Å². The number of allylic oxidation sites excluding steroid dienone is 1. The van der Waals surface area contributed by atoms with Gasteiger partial charge in [-0.15, -0.1) is 0 Å². The number of hydrogen-bond acceptors (Lipinski definition) is 8. The van der Waals surface area contributed by atoms with Crippen LogP contribution >= 0.6 is 0 Å². The van der Waals surface area contributed by atoms with E-state index < -0.39 is 0 Å². The van der Waals surface area contributed by atoms with Gasteiger partial charge in [0.05, 0.1) is 6.20 Å². The Labute approximate surface area is 214 Å². The van der Waals surface area contributed by atoms with Crippen molar-refractivity contribution in [2.24, 2.45) is 17.8 Å². The number of ether oxygens (including phenoxy) is 1. The summed E-state index contributed by atoms with van der Waals surface area (Å²) in [7, 11) is 2.05. The molecule has 4 atom stereocenters. The van der Waals surface area contributed by atoms with E-state index in [1.54, 1.807) is 12.1 Å². The summed E-state index contributed by atoms with van der Waals surface area (Å²) in [4.78, 5) is 40.4. The molecule has 37 heavy (non-hydrogen) atoms. The highest BCUT2D eigenvalue weighted by Crippen LogP contribution is 2.45. The second kappa shape index (κ2) is 9.51. The van der Waals surface area contributed by atoms with E-state index in [-0.39, 0.29) is 42.1 Å². The normalized spacial score (nSPS) is 25.1. The Bertz CT molecular complexity index is 1340. The second-order valence-corrected chi connectivity index (χ2v) is 10.1. The van der Waals surface area contributed by atoms with Gasteiger partial charge >= 0.3 is 0 Å². The first kappa shape index (κ1) is 23.5. The zero-order valence-electron chi connectivity index (χ0n) is 20.6. The van der Waals surface area contributed by atoms with Crippen LogP contribution in [0.2, 0.25) is 0 Å². The fourth-order valence-corrected chi connectivity index (χ4v) is 5.65. The highest BCUT2D eigenvalue weighted by molar-refractivity contribution is 5.91. The average Bonchev–Trinajstić information content (AvgIpc) is 3.64. The predicted octanol–water partition coefficient (Wildman–Crippen LogP) is 2.28. The minimum absolute atomic E-state index is 0.00587. The van der Waals surface area contributed by atoms with E-state index in [1.165, 1.54) is 6.20 Å². The Hall–Kier alpha value is -3.92. The molecular formula is C27H30N6O4. The number of amides is 1. The lowest BCUT2D eigenvalue weighted by atomic mass is 9.90. The summed E-state index contributed by atoms with van der Waals surface area (Å²) in [6, 6.07) is 7.26. The molecule has 10 heteroatoms. The van der Waals surface area contributed by atoms with Crippen molar-refractivity contribution in [1.29, 1.82) is 0 Å². The largest absolute Gasteiger partial charge is 0.504 e. The van der Waals surface area contributed by atoms with Gasteiger partial charge in [0.25, 0.3) is 5.91 Å². The van der Waals surface area contributed by atoms with Gasteiger partial charge in [-0.2, -0.15) is 0 Å². The number of imidazole rings is 1. The fraction of sp³-hybridized carbons (Fsp3) is 0.407. The summed E-state index contributed by atoms with van der Waals surface area (Å²) in [6.07, 6.45) is 7.61. The molecule has 1 saturated carbocycles. The number of aromatic amines is 1. The predicted molar refractivity (Wildman–Crippen MR) is 138 cm³/mol. The maximum absolute atomic E-state index is 12.4. The fourth-order valence-electron chi connectivity index (χ4n) is 5.65. The Balaban J connectivity index is 1.17. The van der Waals surface area contributed by atoms with Crippen molar-refractivity contribution in [3.8, 4) is 22.9 Å². The number of H-pyrrole nitrogens is 1. The Morgan fingerprint density at radius 1 is 1.19 bits per heavy atom. The highest BCUT2D eigenvalue weighted by atomic mass is 16.5. The molecule has 2 bridgehead atoms. The van der Waals surface area contributed by atoms with Crippen LogP contribution in [0.1, 0.15) is 6.42 Å². The van der Waals surface area contributed by atoms with E-state index in [0.29, 0.717) is 28.4 Å². The number of aldehydes is 1. The molecule has 1 aliphatic heterocycles. The zero-order chi connectivity index (χ0) is 25.5. The number of fused-ring (bicyclic) bond motifs is 3. The molecule has 2 aromatic heterocycles. The molecule has 4 unspecified atom stereocenters. The molecule has 3 aromatic rings. The van der Waals surface area contributed by atoms with Crippen molar-refractivity contribution in [1.82, 2.24) is 24.8 Å². The lowest BCUT2D eigenvalue weighted by Gasteiger charge is -2.32. The van der Waals surface area contributed by atoms with E-state index in [2.05, 4.69) is 44.4 Å². The van der Waals surface area contributed by atoms with Gasteiger partial charge in [-0.3, -0.25) is 4.79 Å². The summed E-state index contributed by atoms with van der Waals surface area (Å²) in [5.74, 6) is 1.56. The van der Waals surface area contributed by atoms with Crippen LogP contribution < -0.4 is 10.1 Å². The molecule has 3 N–H and O–H groups in total. The van der Waals surface area contributed by atoms with E-state index in [4.69, 9.17) is 4.74 Å². The van der Waals surface area contributed by atoms with E-state index in [1.807, 2.05) is 17.0 Å². The lowest BCUT2D eigenvalue weighted by molar-refractivity contribution is -0.134. The third-order valence-corrected chi connectivity index (χ3v) is 7.83. The number of hydrogen-bond donors (Lipinski definition) is 3. The minimum atomic E-state index is -0.129. The van der Waals surface area contributed by atoms with E-state index in [9.17, 15) is 14.7 Å². The van der Waals surface area contributed by atoms with Crippen molar-refractivity contribution in [3.05, 3.63) is 42.6 Å². The van der Waals surface area contributed by atoms with Crippen LogP contribution in [-0.4, -0.2) is 87.9 Å². The van der Waals surface area contributed by atoms with Gasteiger partial charge in [0, 0.05) is 43.7 Å². The van der Waals surface area contributed by atoms with Gasteiger partial charge in [-0.25, -0.2) is 9.97 Å².